The summed E-state index contributed by atoms with van der Waals surface area (Å²) in [6.07, 6.45) is -1.29. The van der Waals surface area contributed by atoms with E-state index >= 15 is 0 Å². The Balaban J connectivity index is 2.38. The van der Waals surface area contributed by atoms with E-state index in [-0.39, 0.29) is 18.1 Å². The number of hydrogen-bond donors (Lipinski definition) is 1. The van der Waals surface area contributed by atoms with Crippen LogP contribution in [0.15, 0.2) is 30.3 Å². The minimum Gasteiger partial charge on any atom is -0.456 e. The van der Waals surface area contributed by atoms with Crippen LogP contribution in [0, 0.1) is 0 Å². The van der Waals surface area contributed by atoms with E-state index in [2.05, 4.69) is 0 Å². The molecule has 0 saturated carbocycles. The molecule has 0 fully saturated rings. The summed E-state index contributed by atoms with van der Waals surface area (Å²) >= 11 is 0. The van der Waals surface area contributed by atoms with Crippen molar-refractivity contribution in [1.82, 2.24) is 0 Å². The maximum absolute atomic E-state index is 11.8. The second-order valence-corrected chi connectivity index (χ2v) is 5.76. The molecule has 1 aromatic rings. The molecule has 0 aromatic heterocycles. The van der Waals surface area contributed by atoms with Gasteiger partial charge in [-0.2, -0.15) is 0 Å². The minimum atomic E-state index is -1.15. The van der Waals surface area contributed by atoms with Gasteiger partial charge in [0.1, 0.15) is 6.10 Å². The van der Waals surface area contributed by atoms with Crippen molar-refractivity contribution in [3.05, 3.63) is 35.9 Å². The van der Waals surface area contributed by atoms with Gasteiger partial charge in [0.2, 0.25) is 0 Å². The zero-order chi connectivity index (χ0) is 15.2. The van der Waals surface area contributed by atoms with E-state index in [9.17, 15) is 9.90 Å². The molecule has 0 aliphatic carbocycles. The molecule has 0 amide bonds. The van der Waals surface area contributed by atoms with Crippen LogP contribution in [-0.4, -0.2) is 29.4 Å². The lowest BCUT2D eigenvalue weighted by atomic mass is 10.1. The van der Waals surface area contributed by atoms with E-state index in [4.69, 9.17) is 9.47 Å². The highest BCUT2D eigenvalue weighted by atomic mass is 16.6. The van der Waals surface area contributed by atoms with Crippen molar-refractivity contribution < 1.29 is 19.4 Å². The summed E-state index contributed by atoms with van der Waals surface area (Å²) in [4.78, 5) is 11.8. The second kappa shape index (κ2) is 7.41. The van der Waals surface area contributed by atoms with E-state index in [1.807, 2.05) is 51.1 Å². The lowest BCUT2D eigenvalue weighted by Gasteiger charge is -2.21. The molecule has 0 spiro atoms. The van der Waals surface area contributed by atoms with E-state index in [0.29, 0.717) is 6.61 Å². The van der Waals surface area contributed by atoms with Gasteiger partial charge in [-0.1, -0.05) is 30.3 Å². The van der Waals surface area contributed by atoms with Gasteiger partial charge in [0.25, 0.3) is 0 Å². The molecule has 0 heterocycles. The summed E-state index contributed by atoms with van der Waals surface area (Å²) < 4.78 is 10.7. The van der Waals surface area contributed by atoms with Crippen molar-refractivity contribution in [1.29, 1.82) is 0 Å². The molecule has 0 saturated heterocycles. The molecule has 0 bridgehead atoms. The summed E-state index contributed by atoms with van der Waals surface area (Å²) in [6.45, 7) is 7.88. The molecule has 1 rings (SSSR count). The third kappa shape index (κ3) is 6.17. The van der Waals surface area contributed by atoms with E-state index in [1.54, 1.807) is 6.92 Å². The van der Waals surface area contributed by atoms with Crippen LogP contribution >= 0.6 is 0 Å². The van der Waals surface area contributed by atoms with Crippen molar-refractivity contribution >= 4 is 5.97 Å². The van der Waals surface area contributed by atoms with Gasteiger partial charge in [0.05, 0.1) is 12.2 Å². The van der Waals surface area contributed by atoms with Crippen LogP contribution in [0.2, 0.25) is 0 Å². The molecule has 0 aliphatic heterocycles. The lowest BCUT2D eigenvalue weighted by molar-refractivity contribution is -0.160. The Labute approximate surface area is 120 Å². The van der Waals surface area contributed by atoms with Crippen LogP contribution in [0.1, 0.15) is 45.8 Å². The average Bonchev–Trinajstić information content (AvgIpc) is 2.38. The Hall–Kier alpha value is -1.39. The topological polar surface area (TPSA) is 55.8 Å². The summed E-state index contributed by atoms with van der Waals surface area (Å²) in [5, 5.41) is 9.76. The number of carbonyl (C=O) groups excluding carboxylic acids is 1. The lowest BCUT2D eigenvalue weighted by Crippen LogP contribution is -2.28. The van der Waals surface area contributed by atoms with E-state index in [0.717, 1.165) is 5.56 Å². The third-order valence-electron chi connectivity index (χ3n) is 2.76. The largest absolute Gasteiger partial charge is 0.456 e. The summed E-state index contributed by atoms with van der Waals surface area (Å²) in [6, 6.07) is 9.43. The number of ether oxygens (including phenoxy) is 2. The third-order valence-corrected chi connectivity index (χ3v) is 2.76. The van der Waals surface area contributed by atoms with Crippen LogP contribution < -0.4 is 0 Å². The predicted molar refractivity (Wildman–Crippen MR) is 77.3 cm³/mol. The Morgan fingerprint density at radius 2 is 1.85 bits per heavy atom. The first-order valence-corrected chi connectivity index (χ1v) is 6.87. The fourth-order valence-corrected chi connectivity index (χ4v) is 1.64. The first-order chi connectivity index (χ1) is 9.29. The van der Waals surface area contributed by atoms with Crippen molar-refractivity contribution in [2.45, 2.75) is 51.9 Å². The van der Waals surface area contributed by atoms with Crippen LogP contribution in [0.25, 0.3) is 0 Å². The summed E-state index contributed by atoms with van der Waals surface area (Å²) in [7, 11) is 0. The van der Waals surface area contributed by atoms with Crippen LogP contribution in [0.4, 0.5) is 0 Å². The quantitative estimate of drug-likeness (QED) is 0.814. The number of aliphatic hydroxyl groups is 1. The average molecular weight is 280 g/mol. The molecule has 20 heavy (non-hydrogen) atoms. The highest BCUT2D eigenvalue weighted by molar-refractivity contribution is 5.74. The number of rotatable bonds is 6. The van der Waals surface area contributed by atoms with Crippen LogP contribution in [0.5, 0.6) is 0 Å². The molecule has 0 radical (unpaired) electrons. The van der Waals surface area contributed by atoms with Gasteiger partial charge < -0.3 is 14.6 Å². The Kier molecular flexibility index (Phi) is 6.17. The van der Waals surface area contributed by atoms with Gasteiger partial charge in [-0.05, 0) is 33.3 Å². The zero-order valence-corrected chi connectivity index (χ0v) is 12.6. The Bertz CT molecular complexity index is 408. The molecule has 0 aliphatic rings. The van der Waals surface area contributed by atoms with Crippen molar-refractivity contribution in [3.63, 3.8) is 0 Å². The number of aliphatic hydroxyl groups excluding tert-OH is 1. The van der Waals surface area contributed by atoms with E-state index in [1.165, 1.54) is 0 Å². The Morgan fingerprint density at radius 1 is 1.25 bits per heavy atom. The SMILES string of the molecule is C[C@@H](OC(=O)[C@H](O)CCOC(C)(C)C)c1ccccc1. The maximum atomic E-state index is 11.8. The highest BCUT2D eigenvalue weighted by Gasteiger charge is 2.21. The summed E-state index contributed by atoms with van der Waals surface area (Å²) in [5.41, 5.74) is 0.625. The molecule has 112 valence electrons. The fraction of sp³-hybridized carbons (Fsp3) is 0.562. The van der Waals surface area contributed by atoms with Crippen LogP contribution in [0.3, 0.4) is 0 Å². The van der Waals surface area contributed by atoms with Gasteiger partial charge in [0, 0.05) is 6.42 Å². The Morgan fingerprint density at radius 3 is 2.40 bits per heavy atom. The molecule has 4 nitrogen and oxygen atoms in total. The molecule has 2 atom stereocenters. The number of hydrogen-bond acceptors (Lipinski definition) is 4. The number of benzene rings is 1. The number of esters is 1. The standard InChI is InChI=1S/C16H24O4/c1-12(13-8-6-5-7-9-13)20-15(18)14(17)10-11-19-16(2,3)4/h5-9,12,14,17H,10-11H2,1-4H3/t12-,14-/m1/s1. The zero-order valence-electron chi connectivity index (χ0n) is 12.6. The second-order valence-electron chi connectivity index (χ2n) is 5.76. The van der Waals surface area contributed by atoms with Crippen molar-refractivity contribution in [2.24, 2.45) is 0 Å². The monoisotopic (exact) mass is 280 g/mol. The predicted octanol–water partition coefficient (Wildman–Crippen LogP) is 2.86. The molecular weight excluding hydrogens is 256 g/mol. The van der Waals surface area contributed by atoms with E-state index < -0.39 is 12.1 Å². The maximum Gasteiger partial charge on any atom is 0.335 e. The smallest absolute Gasteiger partial charge is 0.335 e. The van der Waals surface area contributed by atoms with Gasteiger partial charge >= 0.3 is 5.97 Å². The van der Waals surface area contributed by atoms with Crippen molar-refractivity contribution in [2.75, 3.05) is 6.61 Å². The first kappa shape index (κ1) is 16.7. The van der Waals surface area contributed by atoms with Gasteiger partial charge in [-0.3, -0.25) is 0 Å². The van der Waals surface area contributed by atoms with Gasteiger partial charge in [-0.15, -0.1) is 0 Å². The molecule has 1 aromatic carbocycles. The molecular formula is C16H24O4. The minimum absolute atomic E-state index is 0.234. The van der Waals surface area contributed by atoms with Crippen molar-refractivity contribution in [3.8, 4) is 0 Å². The molecule has 0 unspecified atom stereocenters. The fourth-order valence-electron chi connectivity index (χ4n) is 1.64. The highest BCUT2D eigenvalue weighted by Crippen LogP contribution is 2.17. The first-order valence-electron chi connectivity index (χ1n) is 6.87. The summed E-state index contributed by atoms with van der Waals surface area (Å²) in [5.74, 6) is -0.612. The molecule has 1 N–H and O–H groups in total. The molecule has 4 heteroatoms. The van der Waals surface area contributed by atoms with Gasteiger partial charge in [-0.25, -0.2) is 4.79 Å². The normalized spacial score (nSPS) is 14.7. The van der Waals surface area contributed by atoms with Gasteiger partial charge in [0.15, 0.2) is 6.10 Å². The van der Waals surface area contributed by atoms with Crippen LogP contribution in [-0.2, 0) is 14.3 Å². The number of carbonyl (C=O) groups is 1.